The molecule has 5 aromatic rings. The van der Waals surface area contributed by atoms with Crippen LogP contribution in [0.1, 0.15) is 34.1 Å². The molecule has 4 heterocycles. The van der Waals surface area contributed by atoms with Crippen molar-refractivity contribution in [3.05, 3.63) is 111 Å². The summed E-state index contributed by atoms with van der Waals surface area (Å²) in [4.78, 5) is 33.0. The molecule has 2 aromatic carbocycles. The van der Waals surface area contributed by atoms with Gasteiger partial charge < -0.3 is 9.51 Å². The summed E-state index contributed by atoms with van der Waals surface area (Å²) < 4.78 is 2.46. The summed E-state index contributed by atoms with van der Waals surface area (Å²) in [5.74, 6) is -1.37. The van der Waals surface area contributed by atoms with E-state index in [1.54, 1.807) is 31.2 Å². The van der Waals surface area contributed by atoms with Crippen LogP contribution in [-0.2, 0) is 15.3 Å². The molecule has 0 radical (unpaired) electrons. The number of Topliss-reactive ketones (excluding diaryl/α,β-unsaturated/α-hetero) is 1. The summed E-state index contributed by atoms with van der Waals surface area (Å²) in [6.45, 7) is 3.72. The lowest BCUT2D eigenvalue weighted by Gasteiger charge is -2.22. The highest BCUT2D eigenvalue weighted by Crippen LogP contribution is 2.44. The molecule has 0 spiro atoms. The third-order valence-electron chi connectivity index (χ3n) is 6.82. The Kier molecular flexibility index (Phi) is 7.33. The number of thioether (sulfide) groups is 1. The zero-order valence-electron chi connectivity index (χ0n) is 21.7. The number of aliphatic hydroxyl groups excluding tert-OH is 1. The number of aliphatic hydroxyl groups is 1. The molecule has 3 aromatic heterocycles. The zero-order chi connectivity index (χ0) is 28.8. The van der Waals surface area contributed by atoms with Crippen molar-refractivity contribution in [1.82, 2.24) is 19.6 Å². The first-order valence-corrected chi connectivity index (χ1v) is 15.0. The highest BCUT2D eigenvalue weighted by atomic mass is 35.5. The first-order chi connectivity index (χ1) is 19.7. The number of fused-ring (bicyclic) bond motifs is 1. The van der Waals surface area contributed by atoms with Crippen LogP contribution in [0.15, 0.2) is 76.8 Å². The van der Waals surface area contributed by atoms with Crippen molar-refractivity contribution >= 4 is 74.5 Å². The topological polar surface area (TPSA) is 101 Å². The van der Waals surface area contributed by atoms with E-state index in [1.165, 1.54) is 28.0 Å². The van der Waals surface area contributed by atoms with Crippen molar-refractivity contribution in [2.45, 2.75) is 30.0 Å². The number of aromatic nitrogens is 4. The molecule has 41 heavy (non-hydrogen) atoms. The Morgan fingerprint density at radius 3 is 2.37 bits per heavy atom. The Balaban J connectivity index is 1.43. The molecule has 12 heteroatoms. The quantitative estimate of drug-likeness (QED) is 0.0714. The smallest absolute Gasteiger partial charge is 0.301 e. The molecule has 1 aliphatic rings. The minimum atomic E-state index is -0.959. The lowest BCUT2D eigenvalue weighted by atomic mass is 9.96. The summed E-state index contributed by atoms with van der Waals surface area (Å²) in [6, 6.07) is 17.1. The molecule has 1 N–H and O–H groups in total. The number of benzene rings is 2. The third-order valence-corrected chi connectivity index (χ3v) is 9.45. The van der Waals surface area contributed by atoms with Gasteiger partial charge in [-0.15, -0.1) is 10.2 Å². The van der Waals surface area contributed by atoms with Gasteiger partial charge in [0.2, 0.25) is 5.13 Å². The van der Waals surface area contributed by atoms with Crippen molar-refractivity contribution in [3.8, 4) is 0 Å². The number of carbonyl (C=O) groups excluding carboxylic acids is 2. The van der Waals surface area contributed by atoms with Gasteiger partial charge in [0.05, 0.1) is 17.3 Å². The van der Waals surface area contributed by atoms with Gasteiger partial charge in [-0.1, -0.05) is 76.6 Å². The second-order valence-corrected chi connectivity index (χ2v) is 12.5. The Morgan fingerprint density at radius 2 is 1.68 bits per heavy atom. The van der Waals surface area contributed by atoms with Crippen molar-refractivity contribution in [2.24, 2.45) is 0 Å². The summed E-state index contributed by atoms with van der Waals surface area (Å²) >= 11 is 14.8. The molecule has 0 saturated carbocycles. The molecule has 1 saturated heterocycles. The number of aryl methyl sites for hydroxylation is 2. The Hall–Kier alpha value is -3.70. The first-order valence-electron chi connectivity index (χ1n) is 12.4. The summed E-state index contributed by atoms with van der Waals surface area (Å²) in [6.07, 6.45) is 1.83. The van der Waals surface area contributed by atoms with E-state index in [0.29, 0.717) is 37.0 Å². The molecule has 0 bridgehead atoms. The fourth-order valence-corrected chi connectivity index (χ4v) is 6.82. The van der Waals surface area contributed by atoms with Gasteiger partial charge in [-0.3, -0.25) is 14.5 Å². The lowest BCUT2D eigenvalue weighted by molar-refractivity contribution is -0.132. The standard InChI is InChI=1S/C29H21Cl2N5O3S2/c1-15-4-3-13-35-16(2)22(32-26(15)35)24(37)21-23(18-7-11-20(31)12-8-18)36(27(39)25(21)38)28-33-34-29(41-28)40-14-17-5-9-19(30)10-6-17/h3-13,23,37H,14H2,1-2H3/b24-21+. The number of hydrogen-bond acceptors (Lipinski definition) is 8. The molecule has 206 valence electrons. The van der Waals surface area contributed by atoms with Crippen LogP contribution >= 0.6 is 46.3 Å². The van der Waals surface area contributed by atoms with Crippen LogP contribution in [0.4, 0.5) is 5.13 Å². The predicted octanol–water partition coefficient (Wildman–Crippen LogP) is 7.03. The van der Waals surface area contributed by atoms with Crippen LogP contribution in [0.2, 0.25) is 10.0 Å². The highest BCUT2D eigenvalue weighted by Gasteiger charge is 2.48. The van der Waals surface area contributed by atoms with Crippen LogP contribution < -0.4 is 4.90 Å². The first kappa shape index (κ1) is 27.5. The van der Waals surface area contributed by atoms with Crippen LogP contribution in [0, 0.1) is 13.8 Å². The molecule has 1 amide bonds. The van der Waals surface area contributed by atoms with Crippen LogP contribution in [0.5, 0.6) is 0 Å². The summed E-state index contributed by atoms with van der Waals surface area (Å²) in [5, 5.41) is 21.5. The van der Waals surface area contributed by atoms with E-state index in [-0.39, 0.29) is 22.2 Å². The van der Waals surface area contributed by atoms with Gasteiger partial charge in [0, 0.05) is 22.0 Å². The van der Waals surface area contributed by atoms with E-state index >= 15 is 0 Å². The van der Waals surface area contributed by atoms with Gasteiger partial charge in [-0.25, -0.2) is 4.98 Å². The fourth-order valence-electron chi connectivity index (χ4n) is 4.75. The largest absolute Gasteiger partial charge is 0.505 e. The molecular formula is C29H21Cl2N5O3S2. The van der Waals surface area contributed by atoms with Crippen LogP contribution in [0.25, 0.3) is 11.4 Å². The maximum absolute atomic E-state index is 13.6. The number of pyridine rings is 1. The number of imidazole rings is 1. The van der Waals surface area contributed by atoms with Gasteiger partial charge in [0.25, 0.3) is 5.78 Å². The number of carbonyl (C=O) groups is 2. The normalized spacial score (nSPS) is 16.7. The number of halogens is 2. The molecule has 1 unspecified atom stereocenters. The molecule has 1 aliphatic heterocycles. The van der Waals surface area contributed by atoms with Gasteiger partial charge >= 0.3 is 5.91 Å². The third kappa shape index (κ3) is 5.01. The van der Waals surface area contributed by atoms with Crippen molar-refractivity contribution in [3.63, 3.8) is 0 Å². The number of nitrogens with zero attached hydrogens (tertiary/aromatic N) is 5. The Morgan fingerprint density at radius 1 is 1.00 bits per heavy atom. The van der Waals surface area contributed by atoms with Crippen molar-refractivity contribution < 1.29 is 14.7 Å². The average Bonchev–Trinajstić information content (AvgIpc) is 3.64. The molecular weight excluding hydrogens is 601 g/mol. The van der Waals surface area contributed by atoms with Crippen molar-refractivity contribution in [1.29, 1.82) is 0 Å². The number of hydrogen-bond donors (Lipinski definition) is 1. The van der Waals surface area contributed by atoms with Gasteiger partial charge in [0.1, 0.15) is 11.3 Å². The minimum absolute atomic E-state index is 0.0768. The van der Waals surface area contributed by atoms with Crippen LogP contribution in [-0.4, -0.2) is 36.4 Å². The molecule has 8 nitrogen and oxygen atoms in total. The zero-order valence-corrected chi connectivity index (χ0v) is 24.9. The van der Waals surface area contributed by atoms with Gasteiger partial charge in [-0.2, -0.15) is 0 Å². The summed E-state index contributed by atoms with van der Waals surface area (Å²) in [7, 11) is 0. The maximum Gasteiger partial charge on any atom is 0.301 e. The number of ketones is 1. The second kappa shape index (κ2) is 10.9. The summed E-state index contributed by atoms with van der Waals surface area (Å²) in [5.41, 5.74) is 3.98. The van der Waals surface area contributed by atoms with E-state index in [2.05, 4.69) is 15.2 Å². The monoisotopic (exact) mass is 621 g/mol. The minimum Gasteiger partial charge on any atom is -0.505 e. The van der Waals surface area contributed by atoms with E-state index in [4.69, 9.17) is 23.2 Å². The SMILES string of the molecule is Cc1cccn2c(C)c(/C(O)=C3\C(=O)C(=O)N(c4nnc(SCc5ccc(Cl)cc5)s4)C3c3ccc(Cl)cc3)nc12. The molecule has 1 atom stereocenters. The molecule has 6 rings (SSSR count). The predicted molar refractivity (Wildman–Crippen MR) is 162 cm³/mol. The average molecular weight is 623 g/mol. The van der Waals surface area contributed by atoms with Gasteiger partial charge in [0.15, 0.2) is 10.1 Å². The maximum atomic E-state index is 13.6. The molecule has 1 fully saturated rings. The van der Waals surface area contributed by atoms with E-state index in [1.807, 2.05) is 53.9 Å². The lowest BCUT2D eigenvalue weighted by Crippen LogP contribution is -2.29. The Labute approximate surface area is 253 Å². The fraction of sp³-hybridized carbons (Fsp3) is 0.138. The van der Waals surface area contributed by atoms with E-state index < -0.39 is 17.7 Å². The Bertz CT molecular complexity index is 1850. The second-order valence-electron chi connectivity index (χ2n) is 9.42. The highest BCUT2D eigenvalue weighted by molar-refractivity contribution is 8.00. The van der Waals surface area contributed by atoms with E-state index in [0.717, 1.165) is 11.1 Å². The number of rotatable bonds is 6. The number of amides is 1. The molecule has 0 aliphatic carbocycles. The van der Waals surface area contributed by atoms with Gasteiger partial charge in [-0.05, 0) is 60.9 Å². The van der Waals surface area contributed by atoms with Crippen LogP contribution in [0.3, 0.4) is 0 Å². The number of anilines is 1. The van der Waals surface area contributed by atoms with Crippen molar-refractivity contribution in [2.75, 3.05) is 4.90 Å². The van der Waals surface area contributed by atoms with E-state index in [9.17, 15) is 14.7 Å².